The number of hydrogen-bond acceptors (Lipinski definition) is 6. The maximum atomic E-state index is 12.6. The number of amides is 1. The van der Waals surface area contributed by atoms with Crippen LogP contribution in [-0.2, 0) is 11.3 Å². The number of nitrogens with zero attached hydrogens (tertiary/aromatic N) is 3. The lowest BCUT2D eigenvalue weighted by Crippen LogP contribution is -2.49. The van der Waals surface area contributed by atoms with E-state index in [1.54, 1.807) is 22.7 Å². The maximum Gasteiger partial charge on any atom is 0.260 e. The Balaban J connectivity index is 1.10. The third-order valence-electron chi connectivity index (χ3n) is 5.51. The predicted octanol–water partition coefficient (Wildman–Crippen LogP) is 4.75. The highest BCUT2D eigenvalue weighted by Gasteiger charge is 2.22. The van der Waals surface area contributed by atoms with Gasteiger partial charge >= 0.3 is 0 Å². The number of carbonyl (C=O) groups excluding carboxylic acids is 1. The molecule has 0 bridgehead atoms. The second kappa shape index (κ2) is 9.18. The number of fused-ring (bicyclic) bond motifs is 1. The topological polar surface area (TPSA) is 45.7 Å². The number of benzene rings is 2. The number of thiazole rings is 1. The minimum absolute atomic E-state index is 0.0428. The van der Waals surface area contributed by atoms with Crippen LogP contribution in [0.15, 0.2) is 64.7 Å². The molecule has 5 nitrogen and oxygen atoms in total. The zero-order chi connectivity index (χ0) is 21.0. The number of ether oxygens (including phenoxy) is 1. The number of aromatic nitrogens is 1. The summed E-state index contributed by atoms with van der Waals surface area (Å²) in [5.74, 6) is 0.775. The van der Waals surface area contributed by atoms with Gasteiger partial charge in [0.25, 0.3) is 5.91 Å². The van der Waals surface area contributed by atoms with Crippen LogP contribution in [0.4, 0.5) is 0 Å². The van der Waals surface area contributed by atoms with Crippen molar-refractivity contribution in [3.05, 3.63) is 70.4 Å². The summed E-state index contributed by atoms with van der Waals surface area (Å²) in [6.07, 6.45) is 0. The molecule has 1 saturated heterocycles. The van der Waals surface area contributed by atoms with Crippen molar-refractivity contribution in [2.45, 2.75) is 6.54 Å². The second-order valence-electron chi connectivity index (χ2n) is 7.61. The van der Waals surface area contributed by atoms with Crippen molar-refractivity contribution < 1.29 is 9.53 Å². The molecule has 1 aliphatic heterocycles. The van der Waals surface area contributed by atoms with E-state index in [2.05, 4.69) is 39.2 Å². The molecule has 1 aliphatic rings. The van der Waals surface area contributed by atoms with E-state index >= 15 is 0 Å². The summed E-state index contributed by atoms with van der Waals surface area (Å²) < 4.78 is 5.78. The first-order chi connectivity index (χ1) is 15.2. The Hall–Kier alpha value is -2.74. The minimum Gasteiger partial charge on any atom is -0.484 e. The van der Waals surface area contributed by atoms with Crippen molar-refractivity contribution in [1.29, 1.82) is 0 Å². The molecule has 0 atom stereocenters. The van der Waals surface area contributed by atoms with Gasteiger partial charge in [0.2, 0.25) is 0 Å². The van der Waals surface area contributed by atoms with Crippen LogP contribution in [0.2, 0.25) is 0 Å². The monoisotopic (exact) mass is 449 g/mol. The largest absolute Gasteiger partial charge is 0.484 e. The predicted molar refractivity (Wildman–Crippen MR) is 127 cm³/mol. The Morgan fingerprint density at radius 1 is 1.00 bits per heavy atom. The van der Waals surface area contributed by atoms with Crippen molar-refractivity contribution in [3.8, 4) is 16.3 Å². The molecule has 0 unspecified atom stereocenters. The minimum atomic E-state index is 0.0428. The standard InChI is InChI=1S/C24H23N3O2S2/c28-23(15-29-22-6-5-18-3-1-2-4-19(18)13-22)27-10-8-26(9-11-27)14-21-17-31-24(25-21)20-7-12-30-16-20/h1-7,12-13,16-17H,8-11,14-15H2. The summed E-state index contributed by atoms with van der Waals surface area (Å²) in [5.41, 5.74) is 2.30. The zero-order valence-corrected chi connectivity index (χ0v) is 18.7. The van der Waals surface area contributed by atoms with Crippen LogP contribution in [-0.4, -0.2) is 53.5 Å². The van der Waals surface area contributed by atoms with Crippen LogP contribution in [0.1, 0.15) is 5.69 Å². The fourth-order valence-electron chi connectivity index (χ4n) is 3.78. The summed E-state index contributed by atoms with van der Waals surface area (Å²) in [6.45, 7) is 4.06. The van der Waals surface area contributed by atoms with Gasteiger partial charge in [0, 0.05) is 49.0 Å². The highest BCUT2D eigenvalue weighted by Crippen LogP contribution is 2.26. The number of carbonyl (C=O) groups is 1. The lowest BCUT2D eigenvalue weighted by Gasteiger charge is -2.34. The van der Waals surface area contributed by atoms with E-state index < -0.39 is 0 Å². The van der Waals surface area contributed by atoms with Crippen LogP contribution in [0.25, 0.3) is 21.3 Å². The van der Waals surface area contributed by atoms with Crippen LogP contribution in [0.5, 0.6) is 5.75 Å². The van der Waals surface area contributed by atoms with E-state index in [9.17, 15) is 4.79 Å². The van der Waals surface area contributed by atoms with Gasteiger partial charge in [-0.25, -0.2) is 4.98 Å². The smallest absolute Gasteiger partial charge is 0.260 e. The van der Waals surface area contributed by atoms with Gasteiger partial charge in [-0.3, -0.25) is 9.69 Å². The summed E-state index contributed by atoms with van der Waals surface area (Å²) in [4.78, 5) is 21.6. The molecule has 1 fully saturated rings. The van der Waals surface area contributed by atoms with Crippen molar-refractivity contribution in [2.24, 2.45) is 0 Å². The number of piperazine rings is 1. The Kier molecular flexibility index (Phi) is 5.97. The van der Waals surface area contributed by atoms with Gasteiger partial charge in [-0.1, -0.05) is 30.3 Å². The SMILES string of the molecule is O=C(COc1ccc2ccccc2c1)N1CCN(Cc2csc(-c3ccsc3)n2)CC1. The molecular formula is C24H23N3O2S2. The van der Waals surface area contributed by atoms with Gasteiger partial charge in [-0.15, -0.1) is 11.3 Å². The summed E-state index contributed by atoms with van der Waals surface area (Å²) >= 11 is 3.39. The molecule has 0 saturated carbocycles. The Labute approximate surface area is 189 Å². The number of rotatable bonds is 6. The molecule has 31 heavy (non-hydrogen) atoms. The first-order valence-corrected chi connectivity index (χ1v) is 12.2. The van der Waals surface area contributed by atoms with Gasteiger partial charge in [0.1, 0.15) is 10.8 Å². The number of thiophene rings is 1. The lowest BCUT2D eigenvalue weighted by atomic mass is 10.1. The first-order valence-electron chi connectivity index (χ1n) is 10.3. The van der Waals surface area contributed by atoms with Crippen molar-refractivity contribution in [1.82, 2.24) is 14.8 Å². The van der Waals surface area contributed by atoms with Crippen molar-refractivity contribution in [3.63, 3.8) is 0 Å². The number of hydrogen-bond donors (Lipinski definition) is 0. The van der Waals surface area contributed by atoms with Gasteiger partial charge in [0.05, 0.1) is 5.69 Å². The molecule has 2 aromatic heterocycles. The highest BCUT2D eigenvalue weighted by molar-refractivity contribution is 7.14. The molecule has 7 heteroatoms. The Morgan fingerprint density at radius 3 is 2.65 bits per heavy atom. The summed E-state index contributed by atoms with van der Waals surface area (Å²) in [7, 11) is 0. The van der Waals surface area contributed by atoms with Crippen molar-refractivity contribution >= 4 is 39.4 Å². The Morgan fingerprint density at radius 2 is 1.84 bits per heavy atom. The molecule has 2 aromatic carbocycles. The molecule has 0 spiro atoms. The highest BCUT2D eigenvalue weighted by atomic mass is 32.1. The normalized spacial score (nSPS) is 14.8. The summed E-state index contributed by atoms with van der Waals surface area (Å²) in [6, 6.07) is 16.2. The van der Waals surface area contributed by atoms with Crippen LogP contribution in [0.3, 0.4) is 0 Å². The van der Waals surface area contributed by atoms with Gasteiger partial charge in [-0.2, -0.15) is 11.3 Å². The van der Waals surface area contributed by atoms with E-state index in [1.165, 1.54) is 10.9 Å². The van der Waals surface area contributed by atoms with E-state index in [1.807, 2.05) is 35.2 Å². The molecular weight excluding hydrogens is 426 g/mol. The third kappa shape index (κ3) is 4.79. The lowest BCUT2D eigenvalue weighted by molar-refractivity contribution is -0.135. The molecule has 0 N–H and O–H groups in total. The molecule has 5 rings (SSSR count). The fourth-order valence-corrected chi connectivity index (χ4v) is 5.30. The first kappa shape index (κ1) is 20.2. The molecule has 4 aromatic rings. The van der Waals surface area contributed by atoms with Gasteiger partial charge < -0.3 is 9.64 Å². The van der Waals surface area contributed by atoms with Gasteiger partial charge in [0.15, 0.2) is 6.61 Å². The van der Waals surface area contributed by atoms with Crippen molar-refractivity contribution in [2.75, 3.05) is 32.8 Å². The second-order valence-corrected chi connectivity index (χ2v) is 9.25. The summed E-state index contributed by atoms with van der Waals surface area (Å²) in [5, 5.41) is 9.71. The molecule has 3 heterocycles. The van der Waals surface area contributed by atoms with Gasteiger partial charge in [-0.05, 0) is 34.4 Å². The average molecular weight is 450 g/mol. The van der Waals surface area contributed by atoms with E-state index in [4.69, 9.17) is 9.72 Å². The van der Waals surface area contributed by atoms with Crippen LogP contribution >= 0.6 is 22.7 Å². The van der Waals surface area contributed by atoms with E-state index in [-0.39, 0.29) is 12.5 Å². The quantitative estimate of drug-likeness (QED) is 0.426. The van der Waals surface area contributed by atoms with E-state index in [0.717, 1.165) is 54.6 Å². The molecule has 0 radical (unpaired) electrons. The fraction of sp³-hybridized carbons (Fsp3) is 0.250. The maximum absolute atomic E-state index is 12.6. The Bertz CT molecular complexity index is 1160. The average Bonchev–Trinajstić information content (AvgIpc) is 3.50. The molecule has 158 valence electrons. The van der Waals surface area contributed by atoms with Crippen LogP contribution < -0.4 is 4.74 Å². The zero-order valence-electron chi connectivity index (χ0n) is 17.1. The molecule has 1 amide bonds. The molecule has 0 aliphatic carbocycles. The third-order valence-corrected chi connectivity index (χ3v) is 7.14. The van der Waals surface area contributed by atoms with Crippen LogP contribution in [0, 0.1) is 0 Å². The van der Waals surface area contributed by atoms with E-state index in [0.29, 0.717) is 0 Å².